The van der Waals surface area contributed by atoms with Crippen LogP contribution in [0.25, 0.3) is 11.1 Å². The SMILES string of the molecule is CCN(c1cc(-c2ccc(CN3CCOCC3)cc2)cc(C(=O)Nc2c(C)cc(C)[nH]c2=O)c1C)C1CCOCC1. The minimum Gasteiger partial charge on any atom is -0.381 e. The van der Waals surface area contributed by atoms with Crippen molar-refractivity contribution in [2.75, 3.05) is 56.3 Å². The van der Waals surface area contributed by atoms with E-state index in [0.29, 0.717) is 11.6 Å². The summed E-state index contributed by atoms with van der Waals surface area (Å²) in [5, 5.41) is 2.92. The van der Waals surface area contributed by atoms with Gasteiger partial charge >= 0.3 is 0 Å². The van der Waals surface area contributed by atoms with Gasteiger partial charge in [-0.3, -0.25) is 14.5 Å². The number of morpholine rings is 1. The van der Waals surface area contributed by atoms with Crippen molar-refractivity contribution in [3.05, 3.63) is 80.8 Å². The fraction of sp³-hybridized carbons (Fsp3) is 0.455. The van der Waals surface area contributed by atoms with E-state index in [0.717, 1.165) is 99.1 Å². The second kappa shape index (κ2) is 13.0. The second-order valence-electron chi connectivity index (χ2n) is 11.2. The Bertz CT molecular complexity index is 1420. The highest BCUT2D eigenvalue weighted by Gasteiger charge is 2.25. The molecule has 0 bridgehead atoms. The Morgan fingerprint density at radius 3 is 2.32 bits per heavy atom. The lowest BCUT2D eigenvalue weighted by atomic mass is 9.94. The van der Waals surface area contributed by atoms with Crippen LogP contribution in [0.4, 0.5) is 11.4 Å². The van der Waals surface area contributed by atoms with Gasteiger partial charge in [0.1, 0.15) is 5.69 Å². The van der Waals surface area contributed by atoms with E-state index < -0.39 is 0 Å². The van der Waals surface area contributed by atoms with Gasteiger partial charge in [0.2, 0.25) is 0 Å². The number of rotatable bonds is 8. The maximum Gasteiger partial charge on any atom is 0.272 e. The first kappa shape index (κ1) is 29.0. The molecule has 2 aliphatic rings. The molecule has 2 saturated heterocycles. The van der Waals surface area contributed by atoms with Gasteiger partial charge in [0.15, 0.2) is 0 Å². The predicted octanol–water partition coefficient (Wildman–Crippen LogP) is 5.06. The van der Waals surface area contributed by atoms with Crippen molar-refractivity contribution in [1.82, 2.24) is 9.88 Å². The highest BCUT2D eigenvalue weighted by molar-refractivity contribution is 6.07. The summed E-state index contributed by atoms with van der Waals surface area (Å²) >= 11 is 0. The average molecular weight is 559 g/mol. The van der Waals surface area contributed by atoms with Gasteiger partial charge in [0, 0.05) is 62.4 Å². The third-order valence-electron chi connectivity index (χ3n) is 8.31. The largest absolute Gasteiger partial charge is 0.381 e. The summed E-state index contributed by atoms with van der Waals surface area (Å²) < 4.78 is 11.1. The quantitative estimate of drug-likeness (QED) is 0.402. The number of benzene rings is 2. The molecule has 0 radical (unpaired) electrons. The summed E-state index contributed by atoms with van der Waals surface area (Å²) in [6.45, 7) is 14.5. The number of nitrogens with zero attached hydrogens (tertiary/aromatic N) is 2. The maximum absolute atomic E-state index is 13.8. The number of carbonyl (C=O) groups excluding carboxylic acids is 1. The molecule has 2 N–H and O–H groups in total. The Hall–Kier alpha value is -3.46. The van der Waals surface area contributed by atoms with Crippen molar-refractivity contribution in [2.45, 2.75) is 53.1 Å². The number of pyridine rings is 1. The molecule has 3 heterocycles. The topological polar surface area (TPSA) is 86.9 Å². The minimum absolute atomic E-state index is 0.282. The van der Waals surface area contributed by atoms with Crippen LogP contribution in [-0.4, -0.2) is 67.9 Å². The number of ether oxygens (including phenoxy) is 2. The Morgan fingerprint density at radius 2 is 1.66 bits per heavy atom. The van der Waals surface area contributed by atoms with E-state index in [-0.39, 0.29) is 17.2 Å². The third kappa shape index (κ3) is 6.72. The number of nitrogens with one attached hydrogen (secondary N) is 2. The zero-order chi connectivity index (χ0) is 28.9. The predicted molar refractivity (Wildman–Crippen MR) is 164 cm³/mol. The summed E-state index contributed by atoms with van der Waals surface area (Å²) in [7, 11) is 0. The maximum atomic E-state index is 13.8. The normalized spacial score (nSPS) is 16.5. The average Bonchev–Trinajstić information content (AvgIpc) is 2.97. The molecule has 0 atom stereocenters. The molecule has 0 spiro atoms. The van der Waals surface area contributed by atoms with Gasteiger partial charge in [-0.1, -0.05) is 24.3 Å². The van der Waals surface area contributed by atoms with Gasteiger partial charge < -0.3 is 24.7 Å². The van der Waals surface area contributed by atoms with E-state index in [9.17, 15) is 9.59 Å². The van der Waals surface area contributed by atoms with Crippen LogP contribution in [0.3, 0.4) is 0 Å². The summed E-state index contributed by atoms with van der Waals surface area (Å²) in [4.78, 5) is 34.1. The van der Waals surface area contributed by atoms with Crippen molar-refractivity contribution in [3.8, 4) is 11.1 Å². The number of hydrogen-bond donors (Lipinski definition) is 2. The van der Waals surface area contributed by atoms with Crippen LogP contribution in [-0.2, 0) is 16.0 Å². The van der Waals surface area contributed by atoms with Gasteiger partial charge in [-0.15, -0.1) is 0 Å². The molecule has 5 rings (SSSR count). The molecule has 1 aromatic heterocycles. The molecule has 2 aliphatic heterocycles. The van der Waals surface area contributed by atoms with Crippen LogP contribution >= 0.6 is 0 Å². The summed E-state index contributed by atoms with van der Waals surface area (Å²) in [6.07, 6.45) is 1.90. The molecule has 3 aromatic rings. The van der Waals surface area contributed by atoms with E-state index in [2.05, 4.69) is 57.4 Å². The van der Waals surface area contributed by atoms with Crippen molar-refractivity contribution in [2.24, 2.45) is 0 Å². The Balaban J connectivity index is 1.51. The number of aromatic nitrogens is 1. The highest BCUT2D eigenvalue weighted by atomic mass is 16.5. The summed E-state index contributed by atoms with van der Waals surface area (Å²) in [5.41, 5.74) is 7.31. The van der Waals surface area contributed by atoms with Crippen LogP contribution in [0.5, 0.6) is 0 Å². The number of hydrogen-bond acceptors (Lipinski definition) is 6. The number of anilines is 2. The fourth-order valence-electron chi connectivity index (χ4n) is 6.03. The first-order valence-electron chi connectivity index (χ1n) is 14.7. The standard InChI is InChI=1S/C33H42N4O4/c1-5-37(28-10-14-40-15-11-28)30-20-27(26-8-6-25(7-9-26)21-36-12-16-41-17-13-36)19-29(24(30)4)32(38)35-31-22(2)18-23(3)34-33(31)39/h6-9,18-20,28H,5,10-17,21H2,1-4H3,(H,34,39)(H,35,38). The van der Waals surface area contributed by atoms with Crippen LogP contribution in [0.2, 0.25) is 0 Å². The molecular weight excluding hydrogens is 516 g/mol. The molecule has 0 aliphatic carbocycles. The molecule has 41 heavy (non-hydrogen) atoms. The Labute approximate surface area is 242 Å². The molecule has 218 valence electrons. The zero-order valence-corrected chi connectivity index (χ0v) is 24.7. The molecule has 0 saturated carbocycles. The second-order valence-corrected chi connectivity index (χ2v) is 11.2. The smallest absolute Gasteiger partial charge is 0.272 e. The van der Waals surface area contributed by atoms with Crippen molar-refractivity contribution >= 4 is 17.3 Å². The van der Waals surface area contributed by atoms with E-state index in [1.54, 1.807) is 0 Å². The zero-order valence-electron chi connectivity index (χ0n) is 24.7. The van der Waals surface area contributed by atoms with E-state index in [4.69, 9.17) is 9.47 Å². The van der Waals surface area contributed by atoms with Crippen molar-refractivity contribution in [3.63, 3.8) is 0 Å². The third-order valence-corrected chi connectivity index (χ3v) is 8.31. The van der Waals surface area contributed by atoms with Crippen molar-refractivity contribution in [1.29, 1.82) is 0 Å². The van der Waals surface area contributed by atoms with Crippen LogP contribution in [0.1, 0.15) is 52.5 Å². The van der Waals surface area contributed by atoms with Gasteiger partial charge in [0.25, 0.3) is 11.5 Å². The first-order chi connectivity index (χ1) is 19.8. The minimum atomic E-state index is -0.293. The van der Waals surface area contributed by atoms with Gasteiger partial charge in [-0.05, 0) is 86.6 Å². The number of carbonyl (C=O) groups is 1. The molecular formula is C33H42N4O4. The van der Waals surface area contributed by atoms with Gasteiger partial charge in [-0.25, -0.2) is 0 Å². The number of amides is 1. The lowest BCUT2D eigenvalue weighted by Gasteiger charge is -2.37. The number of H-pyrrole nitrogens is 1. The Morgan fingerprint density at radius 1 is 0.976 bits per heavy atom. The number of aromatic amines is 1. The van der Waals surface area contributed by atoms with Gasteiger partial charge in [-0.2, -0.15) is 0 Å². The van der Waals surface area contributed by atoms with Gasteiger partial charge in [0.05, 0.1) is 13.2 Å². The molecule has 2 aromatic carbocycles. The van der Waals surface area contributed by atoms with Crippen molar-refractivity contribution < 1.29 is 14.3 Å². The van der Waals surface area contributed by atoms with Crippen LogP contribution in [0, 0.1) is 20.8 Å². The molecule has 8 nitrogen and oxygen atoms in total. The molecule has 2 fully saturated rings. The first-order valence-corrected chi connectivity index (χ1v) is 14.7. The summed E-state index contributed by atoms with van der Waals surface area (Å²) in [5.74, 6) is -0.282. The fourth-order valence-corrected chi connectivity index (χ4v) is 6.03. The monoisotopic (exact) mass is 558 g/mol. The number of aryl methyl sites for hydroxylation is 2. The highest BCUT2D eigenvalue weighted by Crippen LogP contribution is 2.34. The van der Waals surface area contributed by atoms with Crippen LogP contribution < -0.4 is 15.8 Å². The lowest BCUT2D eigenvalue weighted by molar-refractivity contribution is 0.0342. The lowest BCUT2D eigenvalue weighted by Crippen LogP contribution is -2.40. The van der Waals surface area contributed by atoms with Crippen LogP contribution in [0.15, 0.2) is 47.3 Å². The molecule has 0 unspecified atom stereocenters. The van der Waals surface area contributed by atoms with E-state index >= 15 is 0 Å². The Kier molecular flexibility index (Phi) is 9.22. The molecule has 8 heteroatoms. The summed E-state index contributed by atoms with van der Waals surface area (Å²) in [6, 6.07) is 15.0. The molecule has 1 amide bonds. The van der Waals surface area contributed by atoms with E-state index in [1.807, 2.05) is 32.9 Å². The van der Waals surface area contributed by atoms with E-state index in [1.165, 1.54) is 5.56 Å².